The molecular weight excluding hydrogens is 520 g/mol. The molecule has 3 rings (SSSR count). The third kappa shape index (κ3) is 6.76. The Kier molecular flexibility index (Phi) is 9.19. The van der Waals surface area contributed by atoms with Crippen LogP contribution in [0.25, 0.3) is 0 Å². The van der Waals surface area contributed by atoms with Gasteiger partial charge in [-0.2, -0.15) is 13.2 Å². The Morgan fingerprint density at radius 2 is 1.44 bits per heavy atom. The maximum absolute atomic E-state index is 13.1. The normalized spacial score (nSPS) is 25.7. The highest BCUT2D eigenvalue weighted by molar-refractivity contribution is 5.29. The van der Waals surface area contributed by atoms with Crippen molar-refractivity contribution in [2.45, 2.75) is 101 Å². The molecule has 0 heterocycles. The maximum Gasteiger partial charge on any atom is 0.416 e. The van der Waals surface area contributed by atoms with E-state index < -0.39 is 11.7 Å². The lowest BCUT2D eigenvalue weighted by Crippen LogP contribution is -3.41. The van der Waals surface area contributed by atoms with Crippen LogP contribution in [0.5, 0.6) is 0 Å². The second-order valence-corrected chi connectivity index (χ2v) is 12.8. The molecule has 1 aromatic carbocycles. The van der Waals surface area contributed by atoms with Crippen LogP contribution in [0.15, 0.2) is 35.9 Å². The number of alkyl halides is 4. The van der Waals surface area contributed by atoms with Crippen LogP contribution in [0.1, 0.15) is 103 Å². The molecule has 0 saturated heterocycles. The largest absolute Gasteiger partial charge is 0.416 e. The van der Waals surface area contributed by atoms with Crippen molar-refractivity contribution in [3.05, 3.63) is 47.0 Å². The smallest absolute Gasteiger partial charge is 0.166 e. The SMILES string of the molecule is CCC([IH+])(CC(C=C(C)C)C1CCC(C2CCCCC2)CC1)c1ccc(C(F)(F)F)cc1. The van der Waals surface area contributed by atoms with Crippen molar-refractivity contribution in [1.29, 1.82) is 0 Å². The monoisotopic (exact) mass is 561 g/mol. The van der Waals surface area contributed by atoms with E-state index in [4.69, 9.17) is 0 Å². The first-order valence-corrected chi connectivity index (χ1v) is 13.8. The van der Waals surface area contributed by atoms with Crippen molar-refractivity contribution in [2.75, 3.05) is 0 Å². The van der Waals surface area contributed by atoms with E-state index in [-0.39, 0.29) is 3.42 Å². The highest BCUT2D eigenvalue weighted by Crippen LogP contribution is 2.44. The number of allylic oxidation sites excluding steroid dienone is 2. The van der Waals surface area contributed by atoms with Crippen LogP contribution in [0.4, 0.5) is 13.2 Å². The number of benzene rings is 1. The zero-order valence-corrected chi connectivity index (χ0v) is 22.3. The molecule has 180 valence electrons. The van der Waals surface area contributed by atoms with E-state index in [0.29, 0.717) is 11.8 Å². The third-order valence-corrected chi connectivity index (χ3v) is 10.1. The summed E-state index contributed by atoms with van der Waals surface area (Å²) < 4.78 is 39.1. The van der Waals surface area contributed by atoms with Gasteiger partial charge < -0.3 is 0 Å². The van der Waals surface area contributed by atoms with Gasteiger partial charge >= 0.3 is 6.18 Å². The molecule has 0 aliphatic heterocycles. The van der Waals surface area contributed by atoms with Gasteiger partial charge in [0.2, 0.25) is 0 Å². The summed E-state index contributed by atoms with van der Waals surface area (Å²) >= 11 is 2.15. The molecule has 2 aliphatic carbocycles. The summed E-state index contributed by atoms with van der Waals surface area (Å²) in [6.07, 6.45) is 12.6. The summed E-state index contributed by atoms with van der Waals surface area (Å²) in [5.41, 5.74) is 1.85. The summed E-state index contributed by atoms with van der Waals surface area (Å²) in [6, 6.07) is 5.95. The van der Waals surface area contributed by atoms with Gasteiger partial charge in [0, 0.05) is 12.0 Å². The Bertz CT molecular complexity index is 733. The van der Waals surface area contributed by atoms with Crippen molar-refractivity contribution in [3.8, 4) is 0 Å². The molecule has 2 fully saturated rings. The minimum absolute atomic E-state index is 0.100. The van der Waals surface area contributed by atoms with Crippen molar-refractivity contribution in [1.82, 2.24) is 0 Å². The molecule has 2 atom stereocenters. The van der Waals surface area contributed by atoms with Gasteiger partial charge in [0.25, 0.3) is 22.6 Å². The van der Waals surface area contributed by atoms with Crippen LogP contribution in [0.3, 0.4) is 0 Å². The van der Waals surface area contributed by atoms with Gasteiger partial charge in [0.1, 0.15) is 0 Å². The van der Waals surface area contributed by atoms with Crippen molar-refractivity contribution in [2.24, 2.45) is 23.7 Å². The van der Waals surface area contributed by atoms with Crippen LogP contribution in [-0.2, 0) is 9.60 Å². The molecule has 0 aromatic heterocycles. The summed E-state index contributed by atoms with van der Waals surface area (Å²) in [5, 5.41) is 0. The van der Waals surface area contributed by atoms with Gasteiger partial charge in [-0.3, -0.25) is 0 Å². The molecule has 2 unspecified atom stereocenters. The van der Waals surface area contributed by atoms with E-state index in [9.17, 15) is 13.2 Å². The number of rotatable bonds is 7. The fraction of sp³-hybridized carbons (Fsp3) is 0.714. The first-order valence-electron chi connectivity index (χ1n) is 12.7. The number of hydrogen-bond acceptors (Lipinski definition) is 0. The Labute approximate surface area is 207 Å². The highest BCUT2D eigenvalue weighted by atomic mass is 127. The lowest BCUT2D eigenvalue weighted by Gasteiger charge is -2.39. The predicted molar refractivity (Wildman–Crippen MR) is 124 cm³/mol. The fourth-order valence-corrected chi connectivity index (χ4v) is 7.19. The Morgan fingerprint density at radius 1 is 0.906 bits per heavy atom. The van der Waals surface area contributed by atoms with E-state index >= 15 is 0 Å². The van der Waals surface area contributed by atoms with Gasteiger partial charge in [-0.05, 0) is 81.8 Å². The lowest BCUT2D eigenvalue weighted by molar-refractivity contribution is -0.493. The summed E-state index contributed by atoms with van der Waals surface area (Å²) in [6.45, 7) is 6.55. The summed E-state index contributed by atoms with van der Waals surface area (Å²) in [4.78, 5) is 0. The second-order valence-electron chi connectivity index (χ2n) is 10.6. The van der Waals surface area contributed by atoms with Gasteiger partial charge in [0.05, 0.1) is 5.56 Å². The van der Waals surface area contributed by atoms with Gasteiger partial charge in [-0.1, -0.05) is 62.8 Å². The zero-order valence-electron chi connectivity index (χ0n) is 20.0. The van der Waals surface area contributed by atoms with Crippen molar-refractivity contribution < 1.29 is 35.8 Å². The fourth-order valence-electron chi connectivity index (χ4n) is 6.25. The molecule has 0 amide bonds. The molecule has 0 bridgehead atoms. The molecular formula is C28H41F3I+. The Balaban J connectivity index is 1.72. The second kappa shape index (κ2) is 11.3. The van der Waals surface area contributed by atoms with Crippen LogP contribution >= 0.6 is 0 Å². The van der Waals surface area contributed by atoms with Gasteiger partial charge in [0.15, 0.2) is 3.42 Å². The van der Waals surface area contributed by atoms with Gasteiger partial charge in [-0.25, -0.2) is 0 Å². The molecule has 1 aromatic rings. The molecule has 2 aliphatic rings. The van der Waals surface area contributed by atoms with Crippen LogP contribution in [0, 0.1) is 23.7 Å². The molecule has 2 saturated carbocycles. The first-order chi connectivity index (χ1) is 15.1. The topological polar surface area (TPSA) is 0 Å². The van der Waals surface area contributed by atoms with Crippen molar-refractivity contribution >= 4 is 0 Å². The Morgan fingerprint density at radius 3 is 1.94 bits per heavy atom. The minimum atomic E-state index is -4.27. The van der Waals surface area contributed by atoms with Crippen LogP contribution < -0.4 is 22.6 Å². The lowest BCUT2D eigenvalue weighted by atomic mass is 9.67. The standard InChI is InChI=1S/C28H41F3I/c1-4-27(32,25-14-16-26(17-15-25)28(29,30)31)19-24(18-20(2)3)23-12-10-22(11-13-23)21-8-6-5-7-9-21/h14-18,21-24,32H,4-13,19H2,1-3H3/q+1. The molecule has 32 heavy (non-hydrogen) atoms. The van der Waals surface area contributed by atoms with Crippen LogP contribution in [-0.4, -0.2) is 0 Å². The third-order valence-electron chi connectivity index (χ3n) is 8.16. The molecule has 4 heteroatoms. The summed E-state index contributed by atoms with van der Waals surface area (Å²) in [7, 11) is 0. The van der Waals surface area contributed by atoms with E-state index in [1.807, 2.05) is 0 Å². The average molecular weight is 562 g/mol. The number of halogens is 4. The quantitative estimate of drug-likeness (QED) is 0.219. The summed E-state index contributed by atoms with van der Waals surface area (Å²) in [5.74, 6) is 3.08. The zero-order chi connectivity index (χ0) is 23.4. The average Bonchev–Trinajstić information content (AvgIpc) is 2.78. The molecule has 0 nitrogen and oxygen atoms in total. The maximum atomic E-state index is 13.1. The molecule has 0 spiro atoms. The minimum Gasteiger partial charge on any atom is -0.166 e. The number of hydrogen-bond donors (Lipinski definition) is 0. The van der Waals surface area contributed by atoms with Gasteiger partial charge in [-0.15, -0.1) is 0 Å². The highest BCUT2D eigenvalue weighted by Gasteiger charge is 2.42. The first kappa shape index (κ1) is 26.1. The molecule has 0 N–H and O–H groups in total. The van der Waals surface area contributed by atoms with E-state index in [1.54, 1.807) is 12.1 Å². The van der Waals surface area contributed by atoms with Crippen LogP contribution in [0.2, 0.25) is 0 Å². The van der Waals surface area contributed by atoms with Crippen molar-refractivity contribution in [3.63, 3.8) is 0 Å². The van der Waals surface area contributed by atoms with E-state index in [1.165, 1.54) is 75.5 Å². The van der Waals surface area contributed by atoms with E-state index in [0.717, 1.165) is 30.2 Å². The molecule has 0 radical (unpaired) electrons. The van der Waals surface area contributed by atoms with E-state index in [2.05, 4.69) is 49.4 Å². The predicted octanol–water partition coefficient (Wildman–Crippen LogP) is 5.96. The Hall–Kier alpha value is -0.520.